The van der Waals surface area contributed by atoms with E-state index in [4.69, 9.17) is 34.8 Å². The van der Waals surface area contributed by atoms with Crippen LogP contribution in [0.15, 0.2) is 34.8 Å². The first-order valence-electron chi connectivity index (χ1n) is 5.60. The summed E-state index contributed by atoms with van der Waals surface area (Å²) in [6.45, 7) is 1.91. The Morgan fingerprint density at radius 3 is 2.40 bits per heavy atom. The highest BCUT2D eigenvalue weighted by Crippen LogP contribution is 2.32. The number of hydrogen-bond acceptors (Lipinski definition) is 1. The van der Waals surface area contributed by atoms with Gasteiger partial charge in [-0.15, -0.1) is 0 Å². The van der Waals surface area contributed by atoms with Crippen LogP contribution in [0.4, 0.5) is 5.69 Å². The standard InChI is InChI=1S/C14H9BrCl3NO/c1-7-2-3-9(15)8(4-7)14(20)19-13-6-11(17)10(16)5-12(13)18/h2-6H,1H3,(H,19,20). The zero-order valence-corrected chi connectivity index (χ0v) is 14.2. The normalized spacial score (nSPS) is 10.4. The third-order valence-corrected chi connectivity index (χ3v) is 4.35. The van der Waals surface area contributed by atoms with Crippen LogP contribution in [0.5, 0.6) is 0 Å². The van der Waals surface area contributed by atoms with Crippen molar-refractivity contribution in [3.8, 4) is 0 Å². The Morgan fingerprint density at radius 2 is 1.70 bits per heavy atom. The SMILES string of the molecule is Cc1ccc(Br)c(C(=O)Nc2cc(Cl)c(Cl)cc2Cl)c1. The molecule has 0 saturated heterocycles. The highest BCUT2D eigenvalue weighted by atomic mass is 79.9. The average molecular weight is 393 g/mol. The predicted molar refractivity (Wildman–Crippen MR) is 88.3 cm³/mol. The molecule has 0 radical (unpaired) electrons. The molecular formula is C14H9BrCl3NO. The smallest absolute Gasteiger partial charge is 0.256 e. The minimum Gasteiger partial charge on any atom is -0.321 e. The minimum atomic E-state index is -0.277. The van der Waals surface area contributed by atoms with E-state index in [9.17, 15) is 4.79 Å². The van der Waals surface area contributed by atoms with Crippen LogP contribution < -0.4 is 5.32 Å². The van der Waals surface area contributed by atoms with Crippen LogP contribution in [0.25, 0.3) is 0 Å². The summed E-state index contributed by atoms with van der Waals surface area (Å²) in [7, 11) is 0. The predicted octanol–water partition coefficient (Wildman–Crippen LogP) is 5.97. The number of aryl methyl sites for hydroxylation is 1. The molecule has 0 unspecified atom stereocenters. The molecule has 1 amide bonds. The lowest BCUT2D eigenvalue weighted by Crippen LogP contribution is -2.13. The van der Waals surface area contributed by atoms with E-state index in [2.05, 4.69) is 21.2 Å². The first-order chi connectivity index (χ1) is 9.38. The summed E-state index contributed by atoms with van der Waals surface area (Å²) in [5, 5.41) is 3.72. The van der Waals surface area contributed by atoms with Crippen molar-refractivity contribution in [2.75, 3.05) is 5.32 Å². The second kappa shape index (κ2) is 6.35. The van der Waals surface area contributed by atoms with Crippen molar-refractivity contribution in [1.82, 2.24) is 0 Å². The Bertz CT molecular complexity index is 688. The van der Waals surface area contributed by atoms with E-state index in [1.165, 1.54) is 12.1 Å². The molecule has 2 aromatic rings. The average Bonchev–Trinajstić information content (AvgIpc) is 2.38. The molecule has 0 aliphatic carbocycles. The number of carbonyl (C=O) groups excluding carboxylic acids is 1. The van der Waals surface area contributed by atoms with E-state index in [1.54, 1.807) is 6.07 Å². The van der Waals surface area contributed by atoms with Crippen molar-refractivity contribution in [3.63, 3.8) is 0 Å². The first kappa shape index (κ1) is 15.6. The van der Waals surface area contributed by atoms with Gasteiger partial charge in [0.15, 0.2) is 0 Å². The number of halogens is 4. The molecule has 2 nitrogen and oxygen atoms in total. The van der Waals surface area contributed by atoms with Crippen LogP contribution in [-0.2, 0) is 0 Å². The van der Waals surface area contributed by atoms with Crippen molar-refractivity contribution in [2.24, 2.45) is 0 Å². The van der Waals surface area contributed by atoms with Crippen LogP contribution >= 0.6 is 50.7 Å². The summed E-state index contributed by atoms with van der Waals surface area (Å²) in [4.78, 5) is 12.3. The molecule has 0 saturated carbocycles. The summed E-state index contributed by atoms with van der Waals surface area (Å²) >= 11 is 21.2. The molecular weight excluding hydrogens is 384 g/mol. The number of amides is 1. The lowest BCUT2D eigenvalue weighted by molar-refractivity contribution is 0.102. The van der Waals surface area contributed by atoms with Gasteiger partial charge in [0.05, 0.1) is 26.3 Å². The fourth-order valence-corrected chi connectivity index (χ4v) is 2.64. The third-order valence-electron chi connectivity index (χ3n) is 2.62. The van der Waals surface area contributed by atoms with Crippen LogP contribution in [0, 0.1) is 6.92 Å². The van der Waals surface area contributed by atoms with Crippen molar-refractivity contribution in [3.05, 3.63) is 61.0 Å². The molecule has 6 heteroatoms. The Hall–Kier alpha value is -0.740. The number of anilines is 1. The molecule has 0 heterocycles. The molecule has 0 aliphatic heterocycles. The Kier molecular flexibility index (Phi) is 4.97. The fourth-order valence-electron chi connectivity index (χ4n) is 1.62. The maximum Gasteiger partial charge on any atom is 0.256 e. The second-order valence-electron chi connectivity index (χ2n) is 4.18. The summed E-state index contributed by atoms with van der Waals surface area (Å²) in [5.74, 6) is -0.277. The van der Waals surface area contributed by atoms with E-state index >= 15 is 0 Å². The number of rotatable bonds is 2. The molecule has 0 atom stereocenters. The number of hydrogen-bond donors (Lipinski definition) is 1. The van der Waals surface area contributed by atoms with Gasteiger partial charge in [-0.3, -0.25) is 4.79 Å². The van der Waals surface area contributed by atoms with Gasteiger partial charge < -0.3 is 5.32 Å². The quantitative estimate of drug-likeness (QED) is 0.626. The molecule has 0 bridgehead atoms. The topological polar surface area (TPSA) is 29.1 Å². The molecule has 0 aromatic heterocycles. The molecule has 2 aromatic carbocycles. The summed E-state index contributed by atoms with van der Waals surface area (Å²) in [6.07, 6.45) is 0. The lowest BCUT2D eigenvalue weighted by Gasteiger charge is -2.10. The van der Waals surface area contributed by atoms with Crippen molar-refractivity contribution in [1.29, 1.82) is 0 Å². The van der Waals surface area contributed by atoms with Crippen molar-refractivity contribution in [2.45, 2.75) is 6.92 Å². The van der Waals surface area contributed by atoms with Gasteiger partial charge in [0, 0.05) is 4.47 Å². The summed E-state index contributed by atoms with van der Waals surface area (Å²) < 4.78 is 0.705. The van der Waals surface area contributed by atoms with E-state index in [0.717, 1.165) is 5.56 Å². The van der Waals surface area contributed by atoms with Crippen LogP contribution in [0.2, 0.25) is 15.1 Å². The Labute approximate surface area is 140 Å². The maximum absolute atomic E-state index is 12.3. The highest BCUT2D eigenvalue weighted by molar-refractivity contribution is 9.10. The van der Waals surface area contributed by atoms with Gasteiger partial charge in [-0.2, -0.15) is 0 Å². The van der Waals surface area contributed by atoms with E-state index in [0.29, 0.717) is 30.8 Å². The van der Waals surface area contributed by atoms with Gasteiger partial charge in [0.2, 0.25) is 0 Å². The Balaban J connectivity index is 2.32. The first-order valence-corrected chi connectivity index (χ1v) is 7.53. The van der Waals surface area contributed by atoms with Crippen LogP contribution in [0.1, 0.15) is 15.9 Å². The zero-order chi connectivity index (χ0) is 14.9. The highest BCUT2D eigenvalue weighted by Gasteiger charge is 2.13. The largest absolute Gasteiger partial charge is 0.321 e. The minimum absolute atomic E-state index is 0.277. The van der Waals surface area contributed by atoms with Crippen molar-refractivity contribution < 1.29 is 4.79 Å². The molecule has 1 N–H and O–H groups in total. The fraction of sp³-hybridized carbons (Fsp3) is 0.0714. The summed E-state index contributed by atoms with van der Waals surface area (Å²) in [6, 6.07) is 8.53. The number of benzene rings is 2. The van der Waals surface area contributed by atoms with E-state index in [-0.39, 0.29) is 5.91 Å². The molecule has 0 spiro atoms. The van der Waals surface area contributed by atoms with E-state index < -0.39 is 0 Å². The van der Waals surface area contributed by atoms with Gasteiger partial charge in [-0.05, 0) is 47.1 Å². The maximum atomic E-state index is 12.3. The Morgan fingerprint density at radius 1 is 1.05 bits per heavy atom. The van der Waals surface area contributed by atoms with E-state index in [1.807, 2.05) is 19.1 Å². The second-order valence-corrected chi connectivity index (χ2v) is 6.26. The monoisotopic (exact) mass is 391 g/mol. The van der Waals surface area contributed by atoms with Gasteiger partial charge in [0.25, 0.3) is 5.91 Å². The van der Waals surface area contributed by atoms with Crippen LogP contribution in [-0.4, -0.2) is 5.91 Å². The molecule has 0 fully saturated rings. The molecule has 2 rings (SSSR count). The zero-order valence-electron chi connectivity index (χ0n) is 10.3. The number of nitrogens with one attached hydrogen (secondary N) is 1. The van der Waals surface area contributed by atoms with Gasteiger partial charge in [-0.25, -0.2) is 0 Å². The third kappa shape index (κ3) is 3.47. The van der Waals surface area contributed by atoms with Gasteiger partial charge in [-0.1, -0.05) is 46.4 Å². The summed E-state index contributed by atoms with van der Waals surface area (Å²) in [5.41, 5.74) is 1.92. The molecule has 104 valence electrons. The molecule has 0 aliphatic rings. The van der Waals surface area contributed by atoms with Crippen molar-refractivity contribution >= 4 is 62.3 Å². The number of carbonyl (C=O) groups is 1. The lowest BCUT2D eigenvalue weighted by atomic mass is 10.1. The van der Waals surface area contributed by atoms with Gasteiger partial charge in [0.1, 0.15) is 0 Å². The van der Waals surface area contributed by atoms with Crippen LogP contribution in [0.3, 0.4) is 0 Å². The van der Waals surface area contributed by atoms with Gasteiger partial charge >= 0.3 is 0 Å². The molecule has 20 heavy (non-hydrogen) atoms.